The van der Waals surface area contributed by atoms with Gasteiger partial charge in [-0.1, -0.05) is 49.4 Å². The topological polar surface area (TPSA) is 42.4 Å². The Morgan fingerprint density at radius 1 is 1.07 bits per heavy atom. The van der Waals surface area contributed by atoms with Crippen LogP contribution in [0.3, 0.4) is 0 Å². The Kier molecular flexibility index (Phi) is 5.56. The van der Waals surface area contributed by atoms with Crippen LogP contribution >= 0.6 is 0 Å². The van der Waals surface area contributed by atoms with Gasteiger partial charge in [0.15, 0.2) is 0 Å². The number of ether oxygens (including phenoxy) is 1. The fourth-order valence-corrected chi connectivity index (χ4v) is 3.99. The zero-order chi connectivity index (χ0) is 19.3. The maximum Gasteiger partial charge on any atom is 0.272 e. The summed E-state index contributed by atoms with van der Waals surface area (Å²) in [5, 5.41) is 2.23. The monoisotopic (exact) mass is 374 g/mol. The Bertz CT molecular complexity index is 964. The smallest absolute Gasteiger partial charge is 0.272 e. The molecular weight excluding hydrogens is 348 g/mol. The van der Waals surface area contributed by atoms with Crippen LogP contribution in [0.15, 0.2) is 60.7 Å². The number of rotatable bonds is 5. The lowest BCUT2D eigenvalue weighted by Gasteiger charge is -2.35. The molecule has 1 unspecified atom stereocenters. The number of hydrogen-bond donors (Lipinski definition) is 0. The Hall–Kier alpha value is -2.88. The largest absolute Gasteiger partial charge is 0.487 e. The number of hydrogen-bond acceptors (Lipinski definition) is 3. The number of fused-ring (bicyclic) bond motifs is 1. The van der Waals surface area contributed by atoms with E-state index in [1.54, 1.807) is 0 Å². The van der Waals surface area contributed by atoms with Gasteiger partial charge in [-0.25, -0.2) is 4.98 Å². The fourth-order valence-electron chi connectivity index (χ4n) is 3.99. The van der Waals surface area contributed by atoms with Crippen LogP contribution in [0.25, 0.3) is 10.8 Å². The normalized spacial score (nSPS) is 16.9. The number of benzene rings is 2. The molecule has 0 radical (unpaired) electrons. The Morgan fingerprint density at radius 3 is 2.79 bits per heavy atom. The number of carbonyl (C=O) groups is 1. The lowest BCUT2D eigenvalue weighted by Crippen LogP contribution is -2.43. The van der Waals surface area contributed by atoms with Crippen molar-refractivity contribution in [2.24, 2.45) is 0 Å². The van der Waals surface area contributed by atoms with Gasteiger partial charge in [0.25, 0.3) is 5.91 Å². The molecule has 28 heavy (non-hydrogen) atoms. The fraction of sp³-hybridized carbons (Fsp3) is 0.333. The van der Waals surface area contributed by atoms with Gasteiger partial charge in [0.1, 0.15) is 18.1 Å². The van der Waals surface area contributed by atoms with E-state index in [0.29, 0.717) is 18.3 Å². The summed E-state index contributed by atoms with van der Waals surface area (Å²) >= 11 is 0. The van der Waals surface area contributed by atoms with Crippen LogP contribution in [0.5, 0.6) is 5.75 Å². The van der Waals surface area contributed by atoms with Crippen LogP contribution in [-0.4, -0.2) is 28.4 Å². The van der Waals surface area contributed by atoms with Crippen molar-refractivity contribution in [3.63, 3.8) is 0 Å². The van der Waals surface area contributed by atoms with Crippen molar-refractivity contribution in [1.82, 2.24) is 9.88 Å². The van der Waals surface area contributed by atoms with E-state index in [0.717, 1.165) is 48.0 Å². The third-order valence-corrected chi connectivity index (χ3v) is 5.51. The lowest BCUT2D eigenvalue weighted by atomic mass is 9.99. The van der Waals surface area contributed by atoms with E-state index >= 15 is 0 Å². The van der Waals surface area contributed by atoms with E-state index in [1.165, 1.54) is 6.42 Å². The molecule has 1 aliphatic rings. The molecule has 0 spiro atoms. The second-order valence-corrected chi connectivity index (χ2v) is 7.34. The molecule has 2 aromatic carbocycles. The van der Waals surface area contributed by atoms with Gasteiger partial charge in [-0.05, 0) is 49.3 Å². The van der Waals surface area contributed by atoms with Crippen molar-refractivity contribution in [2.75, 3.05) is 6.54 Å². The Labute approximate surface area is 166 Å². The van der Waals surface area contributed by atoms with Gasteiger partial charge in [-0.2, -0.15) is 0 Å². The third-order valence-electron chi connectivity index (χ3n) is 5.51. The minimum absolute atomic E-state index is 0.0403. The van der Waals surface area contributed by atoms with Crippen molar-refractivity contribution in [3.8, 4) is 5.75 Å². The first-order valence-corrected chi connectivity index (χ1v) is 10.1. The molecule has 4 heteroatoms. The van der Waals surface area contributed by atoms with E-state index in [-0.39, 0.29) is 5.91 Å². The van der Waals surface area contributed by atoms with Crippen molar-refractivity contribution >= 4 is 16.7 Å². The molecule has 1 atom stereocenters. The summed E-state index contributed by atoms with van der Waals surface area (Å²) in [6.07, 6.45) is 4.36. The van der Waals surface area contributed by atoms with Crippen LogP contribution in [-0.2, 0) is 6.61 Å². The summed E-state index contributed by atoms with van der Waals surface area (Å²) in [6, 6.07) is 20.1. The molecule has 4 nitrogen and oxygen atoms in total. The first kappa shape index (κ1) is 18.5. The van der Waals surface area contributed by atoms with E-state index in [1.807, 2.05) is 47.4 Å². The summed E-state index contributed by atoms with van der Waals surface area (Å²) in [5.41, 5.74) is 1.28. The van der Waals surface area contributed by atoms with Crippen molar-refractivity contribution in [3.05, 3.63) is 72.1 Å². The van der Waals surface area contributed by atoms with Crippen LogP contribution in [0.1, 0.15) is 48.8 Å². The third kappa shape index (κ3) is 3.86. The first-order chi connectivity index (χ1) is 13.8. The van der Waals surface area contributed by atoms with Gasteiger partial charge in [0, 0.05) is 18.0 Å². The van der Waals surface area contributed by atoms with Gasteiger partial charge in [-0.15, -0.1) is 0 Å². The molecule has 4 rings (SSSR count). The molecule has 144 valence electrons. The van der Waals surface area contributed by atoms with Crippen LogP contribution < -0.4 is 4.74 Å². The molecule has 0 aliphatic carbocycles. The molecule has 3 aromatic rings. The number of likely N-dealkylation sites (tertiary alicyclic amines) is 1. The minimum Gasteiger partial charge on any atom is -0.487 e. The zero-order valence-electron chi connectivity index (χ0n) is 16.3. The lowest BCUT2D eigenvalue weighted by molar-refractivity contribution is 0.0601. The molecule has 0 N–H and O–H groups in total. The molecule has 2 heterocycles. The highest BCUT2D eigenvalue weighted by atomic mass is 16.5. The van der Waals surface area contributed by atoms with Gasteiger partial charge >= 0.3 is 0 Å². The van der Waals surface area contributed by atoms with E-state index in [9.17, 15) is 4.79 Å². The van der Waals surface area contributed by atoms with Gasteiger partial charge in [0.05, 0.1) is 5.69 Å². The number of piperidine rings is 1. The summed E-state index contributed by atoms with van der Waals surface area (Å²) in [6.45, 7) is 3.32. The first-order valence-electron chi connectivity index (χ1n) is 10.1. The average molecular weight is 374 g/mol. The highest BCUT2D eigenvalue weighted by Gasteiger charge is 2.26. The van der Waals surface area contributed by atoms with E-state index in [2.05, 4.69) is 30.1 Å². The molecular formula is C24H26N2O2. The Morgan fingerprint density at radius 2 is 1.89 bits per heavy atom. The average Bonchev–Trinajstić information content (AvgIpc) is 2.77. The van der Waals surface area contributed by atoms with Gasteiger partial charge in [-0.3, -0.25) is 4.79 Å². The van der Waals surface area contributed by atoms with E-state index < -0.39 is 0 Å². The van der Waals surface area contributed by atoms with Crippen LogP contribution in [0.4, 0.5) is 0 Å². The quantitative estimate of drug-likeness (QED) is 0.615. The maximum absolute atomic E-state index is 13.0. The second-order valence-electron chi connectivity index (χ2n) is 7.34. The molecule has 0 bridgehead atoms. The van der Waals surface area contributed by atoms with Gasteiger partial charge < -0.3 is 9.64 Å². The molecule has 0 saturated carbocycles. The number of aromatic nitrogens is 1. The standard InChI is InChI=1S/C24H26N2O2/c1-2-20-12-5-6-16-26(20)24(27)22-14-8-11-19(25-22)17-28-23-15-7-10-18-9-3-4-13-21(18)23/h3-4,7-11,13-15,20H,2,5-6,12,16-17H2,1H3. The highest BCUT2D eigenvalue weighted by Crippen LogP contribution is 2.26. The predicted molar refractivity (Wildman–Crippen MR) is 111 cm³/mol. The maximum atomic E-state index is 13.0. The molecule has 1 aromatic heterocycles. The predicted octanol–water partition coefficient (Wildman–Crippen LogP) is 5.22. The van der Waals surface area contributed by atoms with Crippen molar-refractivity contribution in [2.45, 2.75) is 45.3 Å². The van der Waals surface area contributed by atoms with E-state index in [4.69, 9.17) is 4.74 Å². The molecule has 1 saturated heterocycles. The van der Waals surface area contributed by atoms with Crippen LogP contribution in [0.2, 0.25) is 0 Å². The summed E-state index contributed by atoms with van der Waals surface area (Å²) < 4.78 is 6.04. The molecule has 1 aliphatic heterocycles. The SMILES string of the molecule is CCC1CCCCN1C(=O)c1cccc(COc2cccc3ccccc23)n1. The van der Waals surface area contributed by atoms with Crippen molar-refractivity contribution in [1.29, 1.82) is 0 Å². The summed E-state index contributed by atoms with van der Waals surface area (Å²) in [4.78, 5) is 19.6. The highest BCUT2D eigenvalue weighted by molar-refractivity contribution is 5.92. The molecule has 1 amide bonds. The van der Waals surface area contributed by atoms with Crippen molar-refractivity contribution < 1.29 is 9.53 Å². The number of carbonyl (C=O) groups excluding carboxylic acids is 1. The second kappa shape index (κ2) is 8.42. The van der Waals surface area contributed by atoms with Gasteiger partial charge in [0.2, 0.25) is 0 Å². The number of nitrogens with zero attached hydrogens (tertiary/aromatic N) is 2. The number of amides is 1. The summed E-state index contributed by atoms with van der Waals surface area (Å²) in [5.74, 6) is 0.872. The zero-order valence-corrected chi connectivity index (χ0v) is 16.3. The molecule has 1 fully saturated rings. The number of pyridine rings is 1. The van der Waals surface area contributed by atoms with Crippen LogP contribution in [0, 0.1) is 0 Å². The minimum atomic E-state index is 0.0403. The summed E-state index contributed by atoms with van der Waals surface area (Å²) in [7, 11) is 0. The Balaban J connectivity index is 1.50.